The zero-order valence-corrected chi connectivity index (χ0v) is 11.7. The zero-order valence-electron chi connectivity index (χ0n) is 11.7. The molecule has 4 heteroatoms. The van der Waals surface area contributed by atoms with E-state index in [9.17, 15) is 0 Å². The molecule has 4 nitrogen and oxygen atoms in total. The number of nitrogens with two attached hydrogens (primary N) is 1. The lowest BCUT2D eigenvalue weighted by Crippen LogP contribution is -2.12. The van der Waals surface area contributed by atoms with Crippen molar-refractivity contribution in [2.75, 3.05) is 0 Å². The fraction of sp³-hybridized carbons (Fsp3) is 0.429. The monoisotopic (exact) mass is 244 g/mol. The third kappa shape index (κ3) is 1.93. The van der Waals surface area contributed by atoms with Gasteiger partial charge in [0.25, 0.3) is 0 Å². The van der Waals surface area contributed by atoms with Crippen LogP contribution in [0.25, 0.3) is 5.82 Å². The molecular weight excluding hydrogens is 224 g/mol. The molecule has 0 spiro atoms. The molecule has 0 amide bonds. The minimum Gasteiger partial charge on any atom is -0.326 e. The SMILES string of the molecule is Cc1cc(C)c(CN)c(-n2nc(C)c(C)c2C)n1. The Morgan fingerprint density at radius 2 is 1.83 bits per heavy atom. The first-order valence-corrected chi connectivity index (χ1v) is 6.16. The van der Waals surface area contributed by atoms with E-state index >= 15 is 0 Å². The molecule has 0 aliphatic rings. The van der Waals surface area contributed by atoms with Crippen molar-refractivity contribution in [3.8, 4) is 5.82 Å². The topological polar surface area (TPSA) is 56.7 Å². The van der Waals surface area contributed by atoms with Gasteiger partial charge in [0.2, 0.25) is 0 Å². The van der Waals surface area contributed by atoms with Crippen LogP contribution < -0.4 is 5.73 Å². The molecule has 0 saturated heterocycles. The summed E-state index contributed by atoms with van der Waals surface area (Å²) >= 11 is 0. The van der Waals surface area contributed by atoms with Gasteiger partial charge in [-0.3, -0.25) is 0 Å². The van der Waals surface area contributed by atoms with Crippen LogP contribution in [0.5, 0.6) is 0 Å². The summed E-state index contributed by atoms with van der Waals surface area (Å²) in [7, 11) is 0. The van der Waals surface area contributed by atoms with Crippen molar-refractivity contribution in [1.82, 2.24) is 14.8 Å². The lowest BCUT2D eigenvalue weighted by atomic mass is 10.1. The highest BCUT2D eigenvalue weighted by atomic mass is 15.3. The molecule has 0 unspecified atom stereocenters. The smallest absolute Gasteiger partial charge is 0.158 e. The first kappa shape index (κ1) is 12.8. The molecule has 2 heterocycles. The summed E-state index contributed by atoms with van der Waals surface area (Å²) in [5.41, 5.74) is 12.4. The van der Waals surface area contributed by atoms with Crippen LogP contribution in [0.2, 0.25) is 0 Å². The molecule has 0 bridgehead atoms. The van der Waals surface area contributed by atoms with E-state index in [1.165, 1.54) is 11.1 Å². The fourth-order valence-corrected chi connectivity index (χ4v) is 2.20. The van der Waals surface area contributed by atoms with E-state index in [0.717, 1.165) is 28.5 Å². The summed E-state index contributed by atoms with van der Waals surface area (Å²) in [6.07, 6.45) is 0. The Morgan fingerprint density at radius 3 is 2.33 bits per heavy atom. The van der Waals surface area contributed by atoms with E-state index in [2.05, 4.69) is 36.9 Å². The van der Waals surface area contributed by atoms with Gasteiger partial charge in [0.05, 0.1) is 5.69 Å². The number of hydrogen-bond acceptors (Lipinski definition) is 3. The first-order chi connectivity index (χ1) is 8.45. The van der Waals surface area contributed by atoms with E-state index in [1.807, 2.05) is 18.5 Å². The van der Waals surface area contributed by atoms with Crippen LogP contribution in [0.4, 0.5) is 0 Å². The Kier molecular flexibility index (Phi) is 3.22. The van der Waals surface area contributed by atoms with Crippen LogP contribution >= 0.6 is 0 Å². The lowest BCUT2D eigenvalue weighted by Gasteiger charge is -2.12. The van der Waals surface area contributed by atoms with Gasteiger partial charge >= 0.3 is 0 Å². The summed E-state index contributed by atoms with van der Waals surface area (Å²) in [5, 5.41) is 4.57. The molecule has 0 fully saturated rings. The Labute approximate surface area is 108 Å². The molecule has 18 heavy (non-hydrogen) atoms. The van der Waals surface area contributed by atoms with Gasteiger partial charge in [-0.1, -0.05) is 0 Å². The maximum Gasteiger partial charge on any atom is 0.158 e. The summed E-state index contributed by atoms with van der Waals surface area (Å²) in [5.74, 6) is 0.865. The quantitative estimate of drug-likeness (QED) is 0.881. The first-order valence-electron chi connectivity index (χ1n) is 6.16. The maximum atomic E-state index is 5.85. The Hall–Kier alpha value is -1.68. The minimum absolute atomic E-state index is 0.478. The molecule has 0 atom stereocenters. The Balaban J connectivity index is 2.73. The molecule has 0 aliphatic carbocycles. The molecule has 0 saturated carbocycles. The molecule has 96 valence electrons. The summed E-state index contributed by atoms with van der Waals surface area (Å²) in [6.45, 7) is 10.7. The van der Waals surface area contributed by atoms with Crippen LogP contribution in [-0.4, -0.2) is 14.8 Å². The van der Waals surface area contributed by atoms with Gasteiger partial charge in [0, 0.05) is 23.5 Å². The van der Waals surface area contributed by atoms with Crippen molar-refractivity contribution in [2.45, 2.75) is 41.2 Å². The molecule has 2 aromatic rings. The van der Waals surface area contributed by atoms with Crippen molar-refractivity contribution >= 4 is 0 Å². The van der Waals surface area contributed by atoms with Crippen molar-refractivity contribution in [2.24, 2.45) is 5.73 Å². The average Bonchev–Trinajstić information content (AvgIpc) is 2.56. The lowest BCUT2D eigenvalue weighted by molar-refractivity contribution is 0.780. The average molecular weight is 244 g/mol. The van der Waals surface area contributed by atoms with E-state index in [1.54, 1.807) is 0 Å². The third-order valence-corrected chi connectivity index (χ3v) is 3.51. The number of nitrogens with zero attached hydrogens (tertiary/aromatic N) is 3. The largest absolute Gasteiger partial charge is 0.326 e. The fourth-order valence-electron chi connectivity index (χ4n) is 2.20. The summed E-state index contributed by atoms with van der Waals surface area (Å²) < 4.78 is 1.91. The molecule has 2 N–H and O–H groups in total. The van der Waals surface area contributed by atoms with Gasteiger partial charge in [0.1, 0.15) is 0 Å². The normalized spacial score (nSPS) is 11.0. The van der Waals surface area contributed by atoms with E-state index in [0.29, 0.717) is 6.54 Å². The third-order valence-electron chi connectivity index (χ3n) is 3.51. The molecule has 0 aliphatic heterocycles. The second-order valence-electron chi connectivity index (χ2n) is 4.79. The number of hydrogen-bond donors (Lipinski definition) is 1. The second-order valence-corrected chi connectivity index (χ2v) is 4.79. The molecular formula is C14H20N4. The van der Waals surface area contributed by atoms with Crippen molar-refractivity contribution in [3.05, 3.63) is 39.8 Å². The number of aryl methyl sites for hydroxylation is 3. The highest BCUT2D eigenvalue weighted by Crippen LogP contribution is 2.21. The highest BCUT2D eigenvalue weighted by molar-refractivity contribution is 5.43. The predicted octanol–water partition coefficient (Wildman–Crippen LogP) is 2.27. The van der Waals surface area contributed by atoms with Crippen LogP contribution in [0.3, 0.4) is 0 Å². The molecule has 2 rings (SSSR count). The molecule has 0 radical (unpaired) electrons. The van der Waals surface area contributed by atoms with Crippen LogP contribution in [0.1, 0.15) is 33.8 Å². The van der Waals surface area contributed by atoms with Crippen LogP contribution in [0, 0.1) is 34.6 Å². The van der Waals surface area contributed by atoms with Gasteiger partial charge in [-0.15, -0.1) is 0 Å². The van der Waals surface area contributed by atoms with Crippen molar-refractivity contribution in [1.29, 1.82) is 0 Å². The number of rotatable bonds is 2. The van der Waals surface area contributed by atoms with E-state index in [-0.39, 0.29) is 0 Å². The Morgan fingerprint density at radius 1 is 1.17 bits per heavy atom. The van der Waals surface area contributed by atoms with Gasteiger partial charge in [-0.25, -0.2) is 9.67 Å². The van der Waals surface area contributed by atoms with Crippen LogP contribution in [-0.2, 0) is 6.54 Å². The van der Waals surface area contributed by atoms with Gasteiger partial charge in [-0.2, -0.15) is 5.10 Å². The predicted molar refractivity (Wildman–Crippen MR) is 72.9 cm³/mol. The zero-order chi connectivity index (χ0) is 13.4. The molecule has 2 aromatic heterocycles. The van der Waals surface area contributed by atoms with Gasteiger partial charge < -0.3 is 5.73 Å². The molecule has 0 aromatic carbocycles. The van der Waals surface area contributed by atoms with E-state index in [4.69, 9.17) is 5.73 Å². The van der Waals surface area contributed by atoms with Crippen molar-refractivity contribution < 1.29 is 0 Å². The Bertz CT molecular complexity index is 596. The summed E-state index contributed by atoms with van der Waals surface area (Å²) in [4.78, 5) is 4.61. The maximum absolute atomic E-state index is 5.85. The van der Waals surface area contributed by atoms with Crippen LogP contribution in [0.15, 0.2) is 6.07 Å². The van der Waals surface area contributed by atoms with Gasteiger partial charge in [-0.05, 0) is 51.8 Å². The second kappa shape index (κ2) is 4.53. The van der Waals surface area contributed by atoms with Crippen molar-refractivity contribution in [3.63, 3.8) is 0 Å². The van der Waals surface area contributed by atoms with E-state index < -0.39 is 0 Å². The number of aromatic nitrogens is 3. The van der Waals surface area contributed by atoms with Gasteiger partial charge in [0.15, 0.2) is 5.82 Å². The number of pyridine rings is 1. The minimum atomic E-state index is 0.478. The highest BCUT2D eigenvalue weighted by Gasteiger charge is 2.15. The standard InChI is InChI=1S/C14H20N4/c1-8-6-9(2)16-14(13(8)7-15)18-12(5)10(3)11(4)17-18/h6H,7,15H2,1-5H3. The summed E-state index contributed by atoms with van der Waals surface area (Å²) in [6, 6.07) is 2.06.